The van der Waals surface area contributed by atoms with Crippen LogP contribution >= 0.6 is 0 Å². The van der Waals surface area contributed by atoms with E-state index in [0.29, 0.717) is 29.2 Å². The van der Waals surface area contributed by atoms with Crippen LogP contribution in [0, 0.1) is 5.82 Å². The summed E-state index contributed by atoms with van der Waals surface area (Å²) in [5.74, 6) is 0.207. The van der Waals surface area contributed by atoms with Crippen molar-refractivity contribution in [1.29, 1.82) is 0 Å². The van der Waals surface area contributed by atoms with Gasteiger partial charge in [-0.15, -0.1) is 0 Å². The van der Waals surface area contributed by atoms with E-state index >= 15 is 0 Å². The lowest BCUT2D eigenvalue weighted by Crippen LogP contribution is -2.14. The molecule has 3 rings (SSSR count). The van der Waals surface area contributed by atoms with Gasteiger partial charge in [-0.25, -0.2) is 14.4 Å². The smallest absolute Gasteiger partial charge is 0.221 e. The molecule has 0 atom stereocenters. The Morgan fingerprint density at radius 2 is 1.82 bits per heavy atom. The van der Waals surface area contributed by atoms with Crippen molar-refractivity contribution in [1.82, 2.24) is 9.97 Å². The Bertz CT molecular complexity index is 1010. The first-order valence-electron chi connectivity index (χ1n) is 8.59. The van der Waals surface area contributed by atoms with Crippen LogP contribution in [0.25, 0.3) is 11.3 Å². The Kier molecular flexibility index (Phi) is 5.84. The maximum absolute atomic E-state index is 13.5. The number of carbonyl (C=O) groups excluding carboxylic acids is 1. The molecule has 0 saturated carbocycles. The van der Waals surface area contributed by atoms with Gasteiger partial charge >= 0.3 is 0 Å². The first-order valence-corrected chi connectivity index (χ1v) is 8.59. The van der Waals surface area contributed by atoms with Crippen molar-refractivity contribution in [2.45, 2.75) is 12.8 Å². The SMILES string of the molecule is COc1ccc(Cc2cc(-c3ccc(F)cc3OC)ncn2)cc1CC(N)=O. The predicted molar refractivity (Wildman–Crippen MR) is 103 cm³/mol. The first kappa shape index (κ1) is 19.3. The molecule has 7 heteroatoms. The average molecular weight is 381 g/mol. The van der Waals surface area contributed by atoms with Gasteiger partial charge in [0, 0.05) is 29.3 Å². The fourth-order valence-electron chi connectivity index (χ4n) is 3.00. The first-order chi connectivity index (χ1) is 13.5. The van der Waals surface area contributed by atoms with Gasteiger partial charge in [0.25, 0.3) is 0 Å². The number of carbonyl (C=O) groups is 1. The van der Waals surface area contributed by atoms with Gasteiger partial charge in [-0.05, 0) is 29.8 Å². The summed E-state index contributed by atoms with van der Waals surface area (Å²) in [4.78, 5) is 19.9. The van der Waals surface area contributed by atoms with Crippen LogP contribution in [0.4, 0.5) is 4.39 Å². The summed E-state index contributed by atoms with van der Waals surface area (Å²) in [6, 6.07) is 11.7. The molecule has 6 nitrogen and oxygen atoms in total. The van der Waals surface area contributed by atoms with Crippen molar-refractivity contribution in [2.75, 3.05) is 14.2 Å². The molecule has 28 heavy (non-hydrogen) atoms. The monoisotopic (exact) mass is 381 g/mol. The highest BCUT2D eigenvalue weighted by Gasteiger charge is 2.12. The number of hydrogen-bond acceptors (Lipinski definition) is 5. The van der Waals surface area contributed by atoms with Gasteiger partial charge in [-0.1, -0.05) is 12.1 Å². The van der Waals surface area contributed by atoms with Crippen LogP contribution in [-0.2, 0) is 17.6 Å². The number of nitrogens with two attached hydrogens (primary N) is 1. The topological polar surface area (TPSA) is 87.3 Å². The zero-order valence-corrected chi connectivity index (χ0v) is 15.6. The number of benzene rings is 2. The van der Waals surface area contributed by atoms with Gasteiger partial charge < -0.3 is 15.2 Å². The van der Waals surface area contributed by atoms with E-state index in [2.05, 4.69) is 9.97 Å². The molecular formula is C21H20FN3O3. The van der Waals surface area contributed by atoms with Crippen molar-refractivity contribution >= 4 is 5.91 Å². The van der Waals surface area contributed by atoms with Crippen molar-refractivity contribution in [2.24, 2.45) is 5.73 Å². The van der Waals surface area contributed by atoms with Crippen LogP contribution in [0.5, 0.6) is 11.5 Å². The summed E-state index contributed by atoms with van der Waals surface area (Å²) in [6.45, 7) is 0. The maximum Gasteiger partial charge on any atom is 0.221 e. The maximum atomic E-state index is 13.5. The lowest BCUT2D eigenvalue weighted by atomic mass is 10.0. The van der Waals surface area contributed by atoms with Gasteiger partial charge in [0.1, 0.15) is 23.6 Å². The summed E-state index contributed by atoms with van der Waals surface area (Å²) < 4.78 is 24.0. The van der Waals surface area contributed by atoms with Crippen molar-refractivity contribution in [3.05, 3.63) is 71.4 Å². The Morgan fingerprint density at radius 3 is 2.54 bits per heavy atom. The van der Waals surface area contributed by atoms with E-state index in [0.717, 1.165) is 16.8 Å². The highest BCUT2D eigenvalue weighted by molar-refractivity contribution is 5.77. The van der Waals surface area contributed by atoms with Crippen LogP contribution < -0.4 is 15.2 Å². The molecule has 0 fully saturated rings. The van der Waals surface area contributed by atoms with Gasteiger partial charge in [0.15, 0.2) is 0 Å². The minimum Gasteiger partial charge on any atom is -0.496 e. The van der Waals surface area contributed by atoms with Gasteiger partial charge in [0.2, 0.25) is 5.91 Å². The summed E-state index contributed by atoms with van der Waals surface area (Å²) >= 11 is 0. The van der Waals surface area contributed by atoms with E-state index in [9.17, 15) is 9.18 Å². The summed E-state index contributed by atoms with van der Waals surface area (Å²) in [5, 5.41) is 0. The fourth-order valence-corrected chi connectivity index (χ4v) is 3.00. The number of nitrogens with zero attached hydrogens (tertiary/aromatic N) is 2. The number of hydrogen-bond donors (Lipinski definition) is 1. The summed E-state index contributed by atoms with van der Waals surface area (Å²) in [7, 11) is 3.03. The third-order valence-electron chi connectivity index (χ3n) is 4.26. The molecule has 0 unspecified atom stereocenters. The molecule has 0 aliphatic rings. The standard InChI is InChI=1S/C21H20FN3O3/c1-27-19-6-3-13(7-14(19)9-21(23)26)8-16-11-18(25-12-24-16)17-5-4-15(22)10-20(17)28-2/h3-7,10-12H,8-9H2,1-2H3,(H2,23,26). The van der Waals surface area contributed by atoms with Crippen molar-refractivity contribution in [3.8, 4) is 22.8 Å². The molecule has 1 aromatic heterocycles. The predicted octanol–water partition coefficient (Wildman–Crippen LogP) is 2.92. The molecule has 144 valence electrons. The van der Waals surface area contributed by atoms with Crippen LogP contribution in [0.2, 0.25) is 0 Å². The number of amides is 1. The van der Waals surface area contributed by atoms with Gasteiger partial charge in [-0.2, -0.15) is 0 Å². The molecule has 2 N–H and O–H groups in total. The molecule has 0 spiro atoms. The highest BCUT2D eigenvalue weighted by Crippen LogP contribution is 2.29. The zero-order chi connectivity index (χ0) is 20.1. The molecule has 3 aromatic rings. The molecular weight excluding hydrogens is 361 g/mol. The highest BCUT2D eigenvalue weighted by atomic mass is 19.1. The number of rotatable bonds is 7. The average Bonchev–Trinajstić information content (AvgIpc) is 2.68. The third kappa shape index (κ3) is 4.43. The number of ether oxygens (including phenoxy) is 2. The van der Waals surface area contributed by atoms with Gasteiger partial charge in [0.05, 0.1) is 26.3 Å². The molecule has 0 radical (unpaired) electrons. The fraction of sp³-hybridized carbons (Fsp3) is 0.190. The van der Waals surface area contributed by atoms with Crippen LogP contribution in [0.15, 0.2) is 48.8 Å². The van der Waals surface area contributed by atoms with E-state index in [4.69, 9.17) is 15.2 Å². The second kappa shape index (κ2) is 8.47. The van der Waals surface area contributed by atoms with Crippen LogP contribution in [0.3, 0.4) is 0 Å². The van der Waals surface area contributed by atoms with E-state index < -0.39 is 5.91 Å². The molecule has 0 aliphatic heterocycles. The molecule has 0 aliphatic carbocycles. The van der Waals surface area contributed by atoms with E-state index in [1.165, 1.54) is 25.6 Å². The van der Waals surface area contributed by atoms with Crippen molar-refractivity contribution in [3.63, 3.8) is 0 Å². The normalized spacial score (nSPS) is 10.5. The van der Waals surface area contributed by atoms with Gasteiger partial charge in [-0.3, -0.25) is 4.79 Å². The number of primary amides is 1. The summed E-state index contributed by atoms with van der Waals surface area (Å²) in [6.07, 6.45) is 2.08. The zero-order valence-electron chi connectivity index (χ0n) is 15.6. The minimum atomic E-state index is -0.428. The lowest BCUT2D eigenvalue weighted by molar-refractivity contribution is -0.117. The van der Waals surface area contributed by atoms with Crippen LogP contribution in [-0.4, -0.2) is 30.1 Å². The second-order valence-electron chi connectivity index (χ2n) is 6.21. The Labute approximate surface area is 162 Å². The Hall–Kier alpha value is -3.48. The summed E-state index contributed by atoms with van der Waals surface area (Å²) in [5.41, 5.74) is 9.07. The Morgan fingerprint density at radius 1 is 1.04 bits per heavy atom. The third-order valence-corrected chi connectivity index (χ3v) is 4.26. The quantitative estimate of drug-likeness (QED) is 0.680. The molecule has 1 amide bonds. The largest absolute Gasteiger partial charge is 0.496 e. The van der Waals surface area contributed by atoms with E-state index in [1.54, 1.807) is 19.2 Å². The lowest BCUT2D eigenvalue weighted by Gasteiger charge is -2.11. The number of methoxy groups -OCH3 is 2. The molecule has 2 aromatic carbocycles. The van der Waals surface area contributed by atoms with E-state index in [1.807, 2.05) is 18.2 Å². The molecule has 0 bridgehead atoms. The molecule has 0 saturated heterocycles. The second-order valence-corrected chi connectivity index (χ2v) is 6.21. The number of halogens is 1. The minimum absolute atomic E-state index is 0.0960. The molecule has 1 heterocycles. The Balaban J connectivity index is 1.91. The number of aromatic nitrogens is 2. The van der Waals surface area contributed by atoms with Crippen molar-refractivity contribution < 1.29 is 18.7 Å². The van der Waals surface area contributed by atoms with E-state index in [-0.39, 0.29) is 12.2 Å². The van der Waals surface area contributed by atoms with Crippen LogP contribution in [0.1, 0.15) is 16.8 Å².